The molecule has 1 aliphatic rings. The molecular formula is C13H14N4O2S2. The van der Waals surface area contributed by atoms with Gasteiger partial charge in [0, 0.05) is 11.1 Å². The Balaban J connectivity index is 1.90. The zero-order valence-electron chi connectivity index (χ0n) is 11.2. The molecule has 3 N–H and O–H groups in total. The number of aryl methyl sites for hydroxylation is 2. The van der Waals surface area contributed by atoms with Crippen LogP contribution < -0.4 is 5.56 Å². The van der Waals surface area contributed by atoms with Crippen LogP contribution in [0.3, 0.4) is 0 Å². The second-order valence-electron chi connectivity index (χ2n) is 4.86. The van der Waals surface area contributed by atoms with Crippen LogP contribution in [0.1, 0.15) is 35.4 Å². The maximum atomic E-state index is 11.7. The number of aromatic hydroxyl groups is 1. The Kier molecular flexibility index (Phi) is 3.98. The normalized spacial score (nSPS) is 15.0. The molecule has 110 valence electrons. The van der Waals surface area contributed by atoms with Gasteiger partial charge >= 0.3 is 0 Å². The smallest absolute Gasteiger partial charge is 0.264 e. The van der Waals surface area contributed by atoms with E-state index in [1.54, 1.807) is 11.3 Å². The molecule has 0 bridgehead atoms. The minimum Gasteiger partial charge on any atom is -0.494 e. The van der Waals surface area contributed by atoms with Crippen molar-refractivity contribution in [3.05, 3.63) is 31.3 Å². The van der Waals surface area contributed by atoms with Crippen LogP contribution in [-0.4, -0.2) is 26.3 Å². The number of H-pyrrole nitrogens is 2. The number of aromatic nitrogens is 3. The number of thiazole rings is 1. The van der Waals surface area contributed by atoms with E-state index in [4.69, 9.17) is 12.2 Å². The van der Waals surface area contributed by atoms with Gasteiger partial charge in [0.25, 0.3) is 5.56 Å². The first-order chi connectivity index (χ1) is 10.1. The van der Waals surface area contributed by atoms with Gasteiger partial charge in [0.2, 0.25) is 11.0 Å². The molecule has 0 atom stereocenters. The lowest BCUT2D eigenvalue weighted by Gasteiger charge is -1.96. The van der Waals surface area contributed by atoms with Gasteiger partial charge in [0.15, 0.2) is 4.77 Å². The maximum Gasteiger partial charge on any atom is 0.264 e. The second kappa shape index (κ2) is 5.90. The summed E-state index contributed by atoms with van der Waals surface area (Å²) >= 11 is 6.32. The molecule has 8 heteroatoms. The molecule has 0 saturated heterocycles. The minimum atomic E-state index is -0.474. The summed E-state index contributed by atoms with van der Waals surface area (Å²) in [6, 6.07) is 0. The van der Waals surface area contributed by atoms with E-state index in [1.165, 1.54) is 23.9 Å². The Labute approximate surface area is 129 Å². The summed E-state index contributed by atoms with van der Waals surface area (Å²) in [5.74, 6) is -0.286. The van der Waals surface area contributed by atoms with Gasteiger partial charge in [-0.15, -0.1) is 0 Å². The van der Waals surface area contributed by atoms with Crippen molar-refractivity contribution in [2.75, 3.05) is 0 Å². The number of rotatable bonds is 2. The SMILES string of the molecule is O=c1[nH]c(=S)[nH]c(O)c1/C=N/c1nc2c(s1)CCCCC2. The summed E-state index contributed by atoms with van der Waals surface area (Å²) in [7, 11) is 0. The van der Waals surface area contributed by atoms with Crippen molar-refractivity contribution >= 4 is 34.9 Å². The van der Waals surface area contributed by atoms with E-state index in [0.717, 1.165) is 25.0 Å². The van der Waals surface area contributed by atoms with Crippen LogP contribution in [0, 0.1) is 4.77 Å². The molecule has 21 heavy (non-hydrogen) atoms. The van der Waals surface area contributed by atoms with E-state index < -0.39 is 5.56 Å². The summed E-state index contributed by atoms with van der Waals surface area (Å²) in [5.41, 5.74) is 0.697. The molecule has 0 aliphatic heterocycles. The lowest BCUT2D eigenvalue weighted by atomic mass is 10.2. The summed E-state index contributed by atoms with van der Waals surface area (Å²) in [6.07, 6.45) is 6.95. The quantitative estimate of drug-likeness (QED) is 0.450. The third-order valence-electron chi connectivity index (χ3n) is 3.35. The van der Waals surface area contributed by atoms with Gasteiger partial charge in [-0.2, -0.15) is 0 Å². The first-order valence-electron chi connectivity index (χ1n) is 6.71. The van der Waals surface area contributed by atoms with Crippen LogP contribution in [0.15, 0.2) is 9.79 Å². The fraction of sp³-hybridized carbons (Fsp3) is 0.385. The number of fused-ring (bicyclic) bond motifs is 1. The summed E-state index contributed by atoms with van der Waals surface area (Å²) in [5, 5.41) is 10.3. The Morgan fingerprint density at radius 1 is 1.29 bits per heavy atom. The van der Waals surface area contributed by atoms with Crippen molar-refractivity contribution in [3.63, 3.8) is 0 Å². The Morgan fingerprint density at radius 3 is 2.90 bits per heavy atom. The van der Waals surface area contributed by atoms with E-state index >= 15 is 0 Å². The van der Waals surface area contributed by atoms with Gasteiger partial charge in [0.1, 0.15) is 5.56 Å². The molecule has 0 spiro atoms. The minimum absolute atomic E-state index is 0.0500. The molecule has 0 radical (unpaired) electrons. The van der Waals surface area contributed by atoms with E-state index in [0.29, 0.717) is 5.13 Å². The molecule has 3 rings (SSSR count). The van der Waals surface area contributed by atoms with Crippen LogP contribution in [0.5, 0.6) is 5.88 Å². The van der Waals surface area contributed by atoms with Crippen molar-refractivity contribution in [1.29, 1.82) is 0 Å². The van der Waals surface area contributed by atoms with Crippen LogP contribution >= 0.6 is 23.6 Å². The molecule has 0 saturated carbocycles. The average molecular weight is 322 g/mol. The highest BCUT2D eigenvalue weighted by atomic mass is 32.1. The standard InChI is InChI=1S/C13H14N4O2S2/c18-10-7(11(19)17-12(20)16-10)6-14-13-15-8-4-2-1-3-5-9(8)21-13/h6H,1-5H2,(H3,16,17,18,19,20)/b14-6+. The highest BCUT2D eigenvalue weighted by Crippen LogP contribution is 2.30. The number of hydrogen-bond acceptors (Lipinski definition) is 6. The topological polar surface area (TPSA) is 94.1 Å². The molecule has 2 aromatic rings. The monoisotopic (exact) mass is 322 g/mol. The fourth-order valence-corrected chi connectivity index (χ4v) is 3.48. The molecule has 2 aromatic heterocycles. The van der Waals surface area contributed by atoms with Gasteiger partial charge in [-0.1, -0.05) is 17.8 Å². The van der Waals surface area contributed by atoms with Crippen molar-refractivity contribution in [3.8, 4) is 5.88 Å². The number of nitrogens with zero attached hydrogens (tertiary/aromatic N) is 2. The Morgan fingerprint density at radius 2 is 2.10 bits per heavy atom. The highest BCUT2D eigenvalue weighted by Gasteiger charge is 2.13. The van der Waals surface area contributed by atoms with Gasteiger partial charge in [-0.05, 0) is 37.9 Å². The number of aliphatic imine (C=N–C) groups is 1. The summed E-state index contributed by atoms with van der Waals surface area (Å²) in [6.45, 7) is 0. The highest BCUT2D eigenvalue weighted by molar-refractivity contribution is 7.71. The third kappa shape index (κ3) is 3.11. The fourth-order valence-electron chi connectivity index (χ4n) is 2.29. The molecule has 1 aliphatic carbocycles. The second-order valence-corrected chi connectivity index (χ2v) is 6.33. The van der Waals surface area contributed by atoms with Crippen molar-refractivity contribution < 1.29 is 5.11 Å². The number of nitrogens with one attached hydrogen (secondary N) is 2. The van der Waals surface area contributed by atoms with Crippen molar-refractivity contribution in [1.82, 2.24) is 15.0 Å². The largest absolute Gasteiger partial charge is 0.494 e. The van der Waals surface area contributed by atoms with E-state index in [2.05, 4.69) is 19.9 Å². The zero-order chi connectivity index (χ0) is 14.8. The van der Waals surface area contributed by atoms with Crippen molar-refractivity contribution in [2.24, 2.45) is 4.99 Å². The third-order valence-corrected chi connectivity index (χ3v) is 4.62. The molecular weight excluding hydrogens is 308 g/mol. The van der Waals surface area contributed by atoms with E-state index in [-0.39, 0.29) is 16.2 Å². The first kappa shape index (κ1) is 14.2. The predicted molar refractivity (Wildman–Crippen MR) is 84.5 cm³/mol. The van der Waals surface area contributed by atoms with Gasteiger partial charge in [-0.3, -0.25) is 9.78 Å². The maximum absolute atomic E-state index is 11.7. The van der Waals surface area contributed by atoms with E-state index in [1.807, 2.05) is 0 Å². The molecule has 0 amide bonds. The molecule has 0 fully saturated rings. The zero-order valence-corrected chi connectivity index (χ0v) is 12.8. The molecule has 2 heterocycles. The summed E-state index contributed by atoms with van der Waals surface area (Å²) < 4.78 is 0.0793. The van der Waals surface area contributed by atoms with Gasteiger partial charge in [-0.25, -0.2) is 9.98 Å². The van der Waals surface area contributed by atoms with Gasteiger partial charge < -0.3 is 10.1 Å². The number of hydrogen-bond donors (Lipinski definition) is 3. The van der Waals surface area contributed by atoms with Crippen LogP contribution in [0.25, 0.3) is 0 Å². The van der Waals surface area contributed by atoms with Crippen molar-refractivity contribution in [2.45, 2.75) is 32.1 Å². The summed E-state index contributed by atoms with van der Waals surface area (Å²) in [4.78, 5) is 26.6. The first-order valence-corrected chi connectivity index (χ1v) is 7.94. The Bertz CT molecular complexity index is 780. The van der Waals surface area contributed by atoms with Crippen LogP contribution in [-0.2, 0) is 12.8 Å². The molecule has 0 unspecified atom stereocenters. The molecule has 6 nitrogen and oxygen atoms in total. The Hall–Kier alpha value is -1.80. The number of aromatic amines is 2. The van der Waals surface area contributed by atoms with E-state index in [9.17, 15) is 9.90 Å². The average Bonchev–Trinajstić information content (AvgIpc) is 2.67. The molecule has 0 aromatic carbocycles. The lowest BCUT2D eigenvalue weighted by molar-refractivity contribution is 0.449. The van der Waals surface area contributed by atoms with Crippen LogP contribution in [0.4, 0.5) is 5.13 Å². The predicted octanol–water partition coefficient (Wildman–Crippen LogP) is 2.61. The van der Waals surface area contributed by atoms with Crippen LogP contribution in [0.2, 0.25) is 0 Å². The lowest BCUT2D eigenvalue weighted by Crippen LogP contribution is -2.13. The van der Waals surface area contributed by atoms with Gasteiger partial charge in [0.05, 0.1) is 5.69 Å².